The van der Waals surface area contributed by atoms with Gasteiger partial charge in [-0.1, -0.05) is 23.4 Å². The summed E-state index contributed by atoms with van der Waals surface area (Å²) in [6, 6.07) is 0. The molecule has 2 saturated heterocycles. The van der Waals surface area contributed by atoms with E-state index in [0.29, 0.717) is 43.7 Å². The van der Waals surface area contributed by atoms with Gasteiger partial charge in [0.1, 0.15) is 12.3 Å². The monoisotopic (exact) mass is 924 g/mol. The summed E-state index contributed by atoms with van der Waals surface area (Å²) < 4.78 is 67.9. The Hall–Kier alpha value is -6.54. The summed E-state index contributed by atoms with van der Waals surface area (Å²) in [6.45, 7) is 10.6. The van der Waals surface area contributed by atoms with E-state index in [1.54, 1.807) is 0 Å². The van der Waals surface area contributed by atoms with Crippen molar-refractivity contribution in [3.8, 4) is 0 Å². The standard InChI is InChI=1S/C39H52N6O20/c1-19(57-18-27-15-40-42-45(27)37-33(63-25(7)51)29(59-21(3)47)31(61-23(5)49)35(65-37)39(53)55-9)13-11-10-12-14-56-17-26-16-44(43-41-26)36-32(62-24(6)50)28(58-20(2)46)30(60-22(4)48)34(64-36)38(52)54-8/h15-16,28-37H,1,10-14,17-18H2,2-9H3. The lowest BCUT2D eigenvalue weighted by atomic mass is 9.96. The summed E-state index contributed by atoms with van der Waals surface area (Å²) in [5, 5.41) is 16.1. The third kappa shape index (κ3) is 14.2. The van der Waals surface area contributed by atoms with Gasteiger partial charge < -0.3 is 56.8 Å². The van der Waals surface area contributed by atoms with Crippen molar-refractivity contribution in [2.24, 2.45) is 0 Å². The molecule has 10 unspecified atom stereocenters. The second kappa shape index (κ2) is 23.9. The van der Waals surface area contributed by atoms with Gasteiger partial charge >= 0.3 is 47.8 Å². The van der Waals surface area contributed by atoms with Gasteiger partial charge in [0.15, 0.2) is 61.3 Å². The van der Waals surface area contributed by atoms with Gasteiger partial charge in [0.05, 0.1) is 44.7 Å². The summed E-state index contributed by atoms with van der Waals surface area (Å²) in [4.78, 5) is 98.2. The number of hydrogen-bond donors (Lipinski definition) is 0. The summed E-state index contributed by atoms with van der Waals surface area (Å²) >= 11 is 0. The lowest BCUT2D eigenvalue weighted by Gasteiger charge is -2.43. The molecule has 65 heavy (non-hydrogen) atoms. The molecular formula is C39H52N6O20. The van der Waals surface area contributed by atoms with Gasteiger partial charge in [-0.3, -0.25) is 28.8 Å². The van der Waals surface area contributed by atoms with Crippen LogP contribution in [-0.4, -0.2) is 147 Å². The van der Waals surface area contributed by atoms with E-state index in [0.717, 1.165) is 60.4 Å². The van der Waals surface area contributed by atoms with Crippen molar-refractivity contribution in [2.45, 2.75) is 142 Å². The van der Waals surface area contributed by atoms with Gasteiger partial charge in [0.25, 0.3) is 0 Å². The zero-order chi connectivity index (χ0) is 48.0. The van der Waals surface area contributed by atoms with Crippen LogP contribution in [0.5, 0.6) is 0 Å². The summed E-state index contributed by atoms with van der Waals surface area (Å²) in [5.41, 5.74) is 0.613. The lowest BCUT2D eigenvalue weighted by Crippen LogP contribution is -2.61. The molecule has 0 radical (unpaired) electrons. The maximum absolute atomic E-state index is 12.8. The van der Waals surface area contributed by atoms with E-state index in [1.807, 2.05) is 0 Å². The van der Waals surface area contributed by atoms with Gasteiger partial charge in [0.2, 0.25) is 0 Å². The predicted molar refractivity (Wildman–Crippen MR) is 207 cm³/mol. The molecule has 2 aromatic heterocycles. The molecule has 2 aliphatic heterocycles. The third-order valence-corrected chi connectivity index (χ3v) is 9.33. The lowest BCUT2D eigenvalue weighted by molar-refractivity contribution is -0.265. The number of carbonyl (C=O) groups is 8. The summed E-state index contributed by atoms with van der Waals surface area (Å²) in [5.74, 6) is -6.48. The van der Waals surface area contributed by atoms with Crippen LogP contribution in [0.1, 0.15) is 91.1 Å². The molecule has 4 rings (SSSR count). The first-order valence-corrected chi connectivity index (χ1v) is 20.0. The molecule has 26 nitrogen and oxygen atoms in total. The van der Waals surface area contributed by atoms with Crippen LogP contribution in [-0.2, 0) is 108 Å². The molecule has 2 aromatic rings. The summed E-state index contributed by atoms with van der Waals surface area (Å²) in [6.07, 6.45) is -9.94. The van der Waals surface area contributed by atoms with Gasteiger partial charge in [0, 0.05) is 54.6 Å². The maximum atomic E-state index is 12.8. The minimum atomic E-state index is -1.64. The van der Waals surface area contributed by atoms with E-state index in [9.17, 15) is 38.4 Å². The Kier molecular flexibility index (Phi) is 18.8. The van der Waals surface area contributed by atoms with Crippen LogP contribution < -0.4 is 0 Å². The minimum Gasteiger partial charge on any atom is -0.492 e. The van der Waals surface area contributed by atoms with Crippen molar-refractivity contribution in [3.05, 3.63) is 36.1 Å². The molecule has 0 spiro atoms. The van der Waals surface area contributed by atoms with E-state index in [2.05, 4.69) is 27.2 Å². The molecule has 0 bridgehead atoms. The number of rotatable bonds is 21. The van der Waals surface area contributed by atoms with Crippen LogP contribution in [0, 0.1) is 0 Å². The molecule has 0 amide bonds. The average molecular weight is 925 g/mol. The van der Waals surface area contributed by atoms with Crippen LogP contribution >= 0.6 is 0 Å². The second-order valence-electron chi connectivity index (χ2n) is 14.4. The topological polar surface area (TPSA) is 309 Å². The molecule has 2 aliphatic rings. The Labute approximate surface area is 371 Å². The maximum Gasteiger partial charge on any atom is 0.339 e. The Morgan fingerprint density at radius 1 is 0.615 bits per heavy atom. The van der Waals surface area contributed by atoms with E-state index < -0.39 is 109 Å². The van der Waals surface area contributed by atoms with E-state index in [4.69, 9.17) is 56.8 Å². The molecule has 10 atom stereocenters. The molecule has 0 saturated carbocycles. The first-order chi connectivity index (χ1) is 30.8. The Balaban J connectivity index is 1.32. The number of aromatic nitrogens is 6. The molecule has 0 aromatic carbocycles. The fourth-order valence-corrected chi connectivity index (χ4v) is 6.82. The number of allylic oxidation sites excluding steroid dienone is 1. The third-order valence-electron chi connectivity index (χ3n) is 9.33. The van der Waals surface area contributed by atoms with Crippen molar-refractivity contribution in [1.82, 2.24) is 30.0 Å². The van der Waals surface area contributed by atoms with E-state index in [-0.39, 0.29) is 18.9 Å². The Morgan fingerprint density at radius 2 is 1.09 bits per heavy atom. The normalized spacial score (nSPS) is 24.9. The van der Waals surface area contributed by atoms with Crippen LogP contribution in [0.3, 0.4) is 0 Å². The first-order valence-electron chi connectivity index (χ1n) is 20.0. The Morgan fingerprint density at radius 3 is 1.60 bits per heavy atom. The largest absolute Gasteiger partial charge is 0.492 e. The Bertz CT molecular complexity index is 2040. The number of nitrogens with zero attached hydrogens (tertiary/aromatic N) is 6. The highest BCUT2D eigenvalue weighted by atomic mass is 16.7. The fourth-order valence-electron chi connectivity index (χ4n) is 6.82. The number of hydrogen-bond acceptors (Lipinski definition) is 24. The van der Waals surface area contributed by atoms with Crippen molar-refractivity contribution in [3.63, 3.8) is 0 Å². The highest BCUT2D eigenvalue weighted by molar-refractivity contribution is 5.78. The van der Waals surface area contributed by atoms with Crippen LogP contribution in [0.15, 0.2) is 24.7 Å². The fraction of sp³-hybridized carbons (Fsp3) is 0.641. The first kappa shape index (κ1) is 51.1. The number of unbranched alkanes of at least 4 members (excludes halogenated alkanes) is 2. The van der Waals surface area contributed by atoms with E-state index in [1.165, 1.54) is 17.1 Å². The van der Waals surface area contributed by atoms with E-state index >= 15 is 0 Å². The predicted octanol–water partition coefficient (Wildman–Crippen LogP) is 0.408. The zero-order valence-electron chi connectivity index (χ0n) is 36.9. The number of ether oxygens (including phenoxy) is 12. The molecule has 0 N–H and O–H groups in total. The molecule has 358 valence electrons. The van der Waals surface area contributed by atoms with Gasteiger partial charge in [-0.15, -0.1) is 10.2 Å². The SMILES string of the molecule is C=C(CCCCCOCc1cn(C2OC(C(=O)OC)C(OC(C)=O)C(OC(C)=O)C2OC(C)=O)nn1)OCc1cnnn1C1OC(C(=O)OC)C(OC(C)=O)C(OC(C)=O)C1OC(C)=O. The number of carbonyl (C=O) groups excluding carboxylic acids is 8. The highest BCUT2D eigenvalue weighted by Crippen LogP contribution is 2.37. The van der Waals surface area contributed by atoms with Gasteiger partial charge in [-0.25, -0.2) is 19.0 Å². The van der Waals surface area contributed by atoms with Gasteiger partial charge in [-0.05, 0) is 12.8 Å². The minimum absolute atomic E-state index is 0.00178. The van der Waals surface area contributed by atoms with Crippen molar-refractivity contribution in [1.29, 1.82) is 0 Å². The highest BCUT2D eigenvalue weighted by Gasteiger charge is 2.57. The van der Waals surface area contributed by atoms with Crippen molar-refractivity contribution < 1.29 is 95.2 Å². The molecule has 4 heterocycles. The average Bonchev–Trinajstić information content (AvgIpc) is 3.90. The number of methoxy groups -OCH3 is 2. The number of esters is 8. The smallest absolute Gasteiger partial charge is 0.339 e. The van der Waals surface area contributed by atoms with Gasteiger partial charge in [-0.2, -0.15) is 0 Å². The summed E-state index contributed by atoms with van der Waals surface area (Å²) in [7, 11) is 2.16. The van der Waals surface area contributed by atoms with Crippen LogP contribution in [0.4, 0.5) is 0 Å². The quantitative estimate of drug-likeness (QED) is 0.0708. The van der Waals surface area contributed by atoms with Crippen molar-refractivity contribution >= 4 is 47.8 Å². The second-order valence-corrected chi connectivity index (χ2v) is 14.4. The molecule has 26 heteroatoms. The van der Waals surface area contributed by atoms with Crippen molar-refractivity contribution in [2.75, 3.05) is 20.8 Å². The van der Waals surface area contributed by atoms with Crippen LogP contribution in [0.2, 0.25) is 0 Å². The molecular weight excluding hydrogens is 872 g/mol. The zero-order valence-corrected chi connectivity index (χ0v) is 36.9. The van der Waals surface area contributed by atoms with Crippen LogP contribution in [0.25, 0.3) is 0 Å². The molecule has 0 aliphatic carbocycles. The molecule has 2 fully saturated rings.